The number of urea groups is 1. The van der Waals surface area contributed by atoms with Crippen LogP contribution in [0.15, 0.2) is 0 Å². The summed E-state index contributed by atoms with van der Waals surface area (Å²) in [5.74, 6) is 0.819. The molecule has 19 heavy (non-hydrogen) atoms. The van der Waals surface area contributed by atoms with E-state index in [4.69, 9.17) is 0 Å². The topological polar surface area (TPSA) is 41.1 Å². The first-order valence-electron chi connectivity index (χ1n) is 8.23. The summed E-state index contributed by atoms with van der Waals surface area (Å²) in [5.41, 5.74) is 0. The highest BCUT2D eigenvalue weighted by Crippen LogP contribution is 2.17. The number of unbranched alkanes of at least 4 members (excludes halogenated alkanes) is 3. The summed E-state index contributed by atoms with van der Waals surface area (Å²) in [6.45, 7) is 5.37. The molecule has 0 bridgehead atoms. The number of nitrogens with one attached hydrogen (secondary N) is 2. The minimum Gasteiger partial charge on any atom is -0.338 e. The van der Waals surface area contributed by atoms with E-state index in [0.717, 1.165) is 31.7 Å². The lowest BCUT2D eigenvalue weighted by Crippen LogP contribution is -2.43. The molecular formula is C16H32N2O. The molecule has 2 N–H and O–H groups in total. The second-order valence-electron chi connectivity index (χ2n) is 6.33. The maximum atomic E-state index is 11.7. The van der Waals surface area contributed by atoms with Crippen molar-refractivity contribution >= 4 is 6.03 Å². The zero-order chi connectivity index (χ0) is 13.9. The van der Waals surface area contributed by atoms with Crippen molar-refractivity contribution in [1.82, 2.24) is 10.6 Å². The van der Waals surface area contributed by atoms with Crippen LogP contribution in [0.2, 0.25) is 0 Å². The van der Waals surface area contributed by atoms with E-state index in [1.165, 1.54) is 44.9 Å². The van der Waals surface area contributed by atoms with Gasteiger partial charge in [-0.2, -0.15) is 0 Å². The van der Waals surface area contributed by atoms with Crippen molar-refractivity contribution in [2.75, 3.05) is 6.54 Å². The Morgan fingerprint density at radius 3 is 2.42 bits per heavy atom. The van der Waals surface area contributed by atoms with Crippen molar-refractivity contribution in [3.63, 3.8) is 0 Å². The minimum absolute atomic E-state index is 0.0362. The molecule has 2 amide bonds. The Morgan fingerprint density at radius 1 is 1.05 bits per heavy atom. The number of amides is 2. The first-order valence-corrected chi connectivity index (χ1v) is 8.23. The molecule has 1 aliphatic rings. The van der Waals surface area contributed by atoms with E-state index in [-0.39, 0.29) is 6.03 Å². The summed E-state index contributed by atoms with van der Waals surface area (Å²) < 4.78 is 0. The number of rotatable bonds is 8. The van der Waals surface area contributed by atoms with Gasteiger partial charge in [-0.25, -0.2) is 4.79 Å². The van der Waals surface area contributed by atoms with E-state index in [1.807, 2.05) is 0 Å². The largest absolute Gasteiger partial charge is 0.338 e. The maximum Gasteiger partial charge on any atom is 0.315 e. The quantitative estimate of drug-likeness (QED) is 0.636. The van der Waals surface area contributed by atoms with Gasteiger partial charge in [0.2, 0.25) is 0 Å². The van der Waals surface area contributed by atoms with Gasteiger partial charge in [-0.05, 0) is 25.2 Å². The Balaban J connectivity index is 1.89. The van der Waals surface area contributed by atoms with Crippen LogP contribution in [-0.2, 0) is 0 Å². The molecule has 0 aromatic carbocycles. The first-order chi connectivity index (χ1) is 9.18. The van der Waals surface area contributed by atoms with Crippen LogP contribution in [0, 0.1) is 5.92 Å². The fourth-order valence-electron chi connectivity index (χ4n) is 2.72. The second-order valence-corrected chi connectivity index (χ2v) is 6.33. The van der Waals surface area contributed by atoms with Crippen LogP contribution in [0.5, 0.6) is 0 Å². The molecule has 0 aliphatic heterocycles. The van der Waals surface area contributed by atoms with Crippen molar-refractivity contribution in [1.29, 1.82) is 0 Å². The van der Waals surface area contributed by atoms with Gasteiger partial charge in [0.1, 0.15) is 0 Å². The zero-order valence-corrected chi connectivity index (χ0v) is 12.8. The third-order valence-electron chi connectivity index (χ3n) is 3.93. The van der Waals surface area contributed by atoms with Crippen LogP contribution in [-0.4, -0.2) is 18.6 Å². The van der Waals surface area contributed by atoms with E-state index >= 15 is 0 Å². The van der Waals surface area contributed by atoms with Crippen molar-refractivity contribution in [2.24, 2.45) is 5.92 Å². The Kier molecular flexibility index (Phi) is 8.68. The molecular weight excluding hydrogens is 236 g/mol. The molecule has 1 aliphatic carbocycles. The smallest absolute Gasteiger partial charge is 0.315 e. The molecule has 0 aromatic rings. The molecule has 1 rings (SSSR count). The summed E-state index contributed by atoms with van der Waals surface area (Å²) in [6.07, 6.45) is 12.5. The van der Waals surface area contributed by atoms with Gasteiger partial charge in [-0.3, -0.25) is 0 Å². The summed E-state index contributed by atoms with van der Waals surface area (Å²) >= 11 is 0. The predicted molar refractivity (Wildman–Crippen MR) is 81.3 cm³/mol. The summed E-state index contributed by atoms with van der Waals surface area (Å²) in [6, 6.07) is 0.453. The highest BCUT2D eigenvalue weighted by Gasteiger charge is 2.14. The lowest BCUT2D eigenvalue weighted by atomic mass is 9.96. The molecule has 3 heteroatoms. The van der Waals surface area contributed by atoms with Crippen molar-refractivity contribution < 1.29 is 4.79 Å². The van der Waals surface area contributed by atoms with Gasteiger partial charge in [-0.1, -0.05) is 58.8 Å². The van der Waals surface area contributed by atoms with E-state index in [1.54, 1.807) is 0 Å². The average molecular weight is 268 g/mol. The average Bonchev–Trinajstić information content (AvgIpc) is 2.38. The lowest BCUT2D eigenvalue weighted by molar-refractivity contribution is 0.232. The van der Waals surface area contributed by atoms with Crippen LogP contribution < -0.4 is 10.6 Å². The molecule has 0 spiro atoms. The molecule has 1 fully saturated rings. The molecule has 0 unspecified atom stereocenters. The molecule has 1 saturated carbocycles. The SMILES string of the molecule is CC(C)CCCCCCNC(=O)NC1CCCCC1. The normalized spacial score (nSPS) is 16.6. The van der Waals surface area contributed by atoms with E-state index in [2.05, 4.69) is 24.5 Å². The van der Waals surface area contributed by atoms with Crippen LogP contribution in [0.1, 0.15) is 78.1 Å². The molecule has 0 aromatic heterocycles. The summed E-state index contributed by atoms with van der Waals surface area (Å²) in [7, 11) is 0. The highest BCUT2D eigenvalue weighted by molar-refractivity contribution is 5.74. The van der Waals surface area contributed by atoms with E-state index in [9.17, 15) is 4.79 Å². The lowest BCUT2D eigenvalue weighted by Gasteiger charge is -2.22. The number of carbonyl (C=O) groups excluding carboxylic acids is 1. The molecule has 0 heterocycles. The van der Waals surface area contributed by atoms with Crippen molar-refractivity contribution in [3.8, 4) is 0 Å². The van der Waals surface area contributed by atoms with E-state index in [0.29, 0.717) is 6.04 Å². The monoisotopic (exact) mass is 268 g/mol. The van der Waals surface area contributed by atoms with Gasteiger partial charge in [0.25, 0.3) is 0 Å². The van der Waals surface area contributed by atoms with Gasteiger partial charge < -0.3 is 10.6 Å². The maximum absolute atomic E-state index is 11.7. The molecule has 112 valence electrons. The second kappa shape index (κ2) is 10.1. The van der Waals surface area contributed by atoms with Gasteiger partial charge in [-0.15, -0.1) is 0 Å². The van der Waals surface area contributed by atoms with Gasteiger partial charge in [0.15, 0.2) is 0 Å². The van der Waals surface area contributed by atoms with Crippen LogP contribution in [0.4, 0.5) is 4.79 Å². The number of hydrogen-bond acceptors (Lipinski definition) is 1. The number of hydrogen-bond donors (Lipinski definition) is 2. The molecule has 0 saturated heterocycles. The Labute approximate surface area is 118 Å². The summed E-state index contributed by atoms with van der Waals surface area (Å²) in [5, 5.41) is 6.07. The zero-order valence-electron chi connectivity index (χ0n) is 12.8. The van der Waals surface area contributed by atoms with Crippen LogP contribution in [0.25, 0.3) is 0 Å². The highest BCUT2D eigenvalue weighted by atomic mass is 16.2. The predicted octanol–water partition coefficient (Wildman–Crippen LogP) is 4.22. The van der Waals surface area contributed by atoms with Crippen molar-refractivity contribution in [3.05, 3.63) is 0 Å². The minimum atomic E-state index is 0.0362. The first kappa shape index (κ1) is 16.3. The van der Waals surface area contributed by atoms with Crippen molar-refractivity contribution in [2.45, 2.75) is 84.1 Å². The fraction of sp³-hybridized carbons (Fsp3) is 0.938. The Morgan fingerprint density at radius 2 is 1.74 bits per heavy atom. The van der Waals surface area contributed by atoms with Gasteiger partial charge in [0, 0.05) is 12.6 Å². The van der Waals surface area contributed by atoms with Crippen LogP contribution >= 0.6 is 0 Å². The van der Waals surface area contributed by atoms with E-state index < -0.39 is 0 Å². The standard InChI is InChI=1S/C16H32N2O/c1-14(2)10-6-3-4-9-13-17-16(19)18-15-11-7-5-8-12-15/h14-15H,3-13H2,1-2H3,(H2,17,18,19). The third kappa shape index (κ3) is 8.90. The molecule has 3 nitrogen and oxygen atoms in total. The third-order valence-corrected chi connectivity index (χ3v) is 3.93. The summed E-state index contributed by atoms with van der Waals surface area (Å²) in [4.78, 5) is 11.7. The molecule has 0 radical (unpaired) electrons. The van der Waals surface area contributed by atoms with Gasteiger partial charge in [0.05, 0.1) is 0 Å². The number of carbonyl (C=O) groups is 1. The Bertz CT molecular complexity index is 235. The van der Waals surface area contributed by atoms with Crippen LogP contribution in [0.3, 0.4) is 0 Å². The molecule has 0 atom stereocenters. The fourth-order valence-corrected chi connectivity index (χ4v) is 2.72. The van der Waals surface area contributed by atoms with Gasteiger partial charge >= 0.3 is 6.03 Å². The Hall–Kier alpha value is -0.730.